The molecule has 1 fully saturated rings. The third-order valence-corrected chi connectivity index (χ3v) is 1.97. The van der Waals surface area contributed by atoms with E-state index < -0.39 is 0 Å². The van der Waals surface area contributed by atoms with E-state index >= 15 is 0 Å². The first kappa shape index (κ1) is 7.53. The fourth-order valence-corrected chi connectivity index (χ4v) is 1.19. The lowest BCUT2D eigenvalue weighted by atomic mass is 10.4. The van der Waals surface area contributed by atoms with Crippen molar-refractivity contribution in [2.24, 2.45) is 0 Å². The minimum absolute atomic E-state index is 0.642. The van der Waals surface area contributed by atoms with E-state index in [0.717, 1.165) is 18.2 Å². The van der Waals surface area contributed by atoms with Gasteiger partial charge in [0.2, 0.25) is 0 Å². The molecule has 0 amide bonds. The van der Waals surface area contributed by atoms with Crippen molar-refractivity contribution in [2.45, 2.75) is 25.7 Å². The summed E-state index contributed by atoms with van der Waals surface area (Å²) in [5.41, 5.74) is 0. The fraction of sp³-hybridized carbons (Fsp3) is 0.556. The summed E-state index contributed by atoms with van der Waals surface area (Å²) in [7, 11) is 0. The van der Waals surface area contributed by atoms with Gasteiger partial charge in [0.25, 0.3) is 0 Å². The predicted molar refractivity (Wildman–Crippen MR) is 48.2 cm³/mol. The van der Waals surface area contributed by atoms with Crippen molar-refractivity contribution < 1.29 is 0 Å². The van der Waals surface area contributed by atoms with Crippen molar-refractivity contribution in [2.75, 3.05) is 11.9 Å². The van der Waals surface area contributed by atoms with Gasteiger partial charge in [-0.3, -0.25) is 0 Å². The minimum atomic E-state index is 0.642. The molecule has 1 aliphatic rings. The van der Waals surface area contributed by atoms with Crippen LogP contribution in [-0.4, -0.2) is 16.5 Å². The topological polar surface area (TPSA) is 37.8 Å². The van der Waals surface area contributed by atoms with Gasteiger partial charge in [-0.05, 0) is 25.8 Å². The average Bonchev–Trinajstić information content (AvgIpc) is 2.88. The number of hydrogen-bond donors (Lipinski definition) is 1. The number of rotatable bonds is 3. The molecule has 1 saturated carbocycles. The second-order valence-electron chi connectivity index (χ2n) is 3.10. The Morgan fingerprint density at radius 2 is 2.42 bits per heavy atom. The SMILES string of the molecule is CCNc1ccnc(C2CC2)n1. The highest BCUT2D eigenvalue weighted by atomic mass is 15.0. The second-order valence-corrected chi connectivity index (χ2v) is 3.10. The molecule has 0 aromatic carbocycles. The molecule has 0 aliphatic heterocycles. The zero-order chi connectivity index (χ0) is 8.39. The first-order chi connectivity index (χ1) is 5.90. The molecule has 1 aliphatic carbocycles. The summed E-state index contributed by atoms with van der Waals surface area (Å²) in [6.45, 7) is 2.99. The Bertz CT molecular complexity index is 268. The maximum atomic E-state index is 4.40. The van der Waals surface area contributed by atoms with E-state index in [2.05, 4.69) is 22.2 Å². The number of nitrogens with one attached hydrogen (secondary N) is 1. The van der Waals surface area contributed by atoms with E-state index in [1.807, 2.05) is 12.3 Å². The largest absolute Gasteiger partial charge is 0.370 e. The van der Waals surface area contributed by atoms with Crippen LogP contribution >= 0.6 is 0 Å². The van der Waals surface area contributed by atoms with E-state index in [1.165, 1.54) is 12.8 Å². The van der Waals surface area contributed by atoms with Gasteiger partial charge in [-0.2, -0.15) is 0 Å². The van der Waals surface area contributed by atoms with Crippen molar-refractivity contribution in [3.63, 3.8) is 0 Å². The Balaban J connectivity index is 2.15. The lowest BCUT2D eigenvalue weighted by Crippen LogP contribution is -2.01. The van der Waals surface area contributed by atoms with Crippen LogP contribution < -0.4 is 5.32 Å². The number of nitrogens with zero attached hydrogens (tertiary/aromatic N) is 2. The molecule has 3 heteroatoms. The van der Waals surface area contributed by atoms with E-state index in [0.29, 0.717) is 5.92 Å². The van der Waals surface area contributed by atoms with Crippen LogP contribution in [0, 0.1) is 0 Å². The average molecular weight is 163 g/mol. The third-order valence-electron chi connectivity index (χ3n) is 1.97. The van der Waals surface area contributed by atoms with Gasteiger partial charge in [0.1, 0.15) is 11.6 Å². The maximum absolute atomic E-state index is 4.40. The second kappa shape index (κ2) is 3.09. The van der Waals surface area contributed by atoms with E-state index in [4.69, 9.17) is 0 Å². The van der Waals surface area contributed by atoms with Gasteiger partial charge in [-0.1, -0.05) is 0 Å². The molecule has 2 rings (SSSR count). The van der Waals surface area contributed by atoms with Crippen LogP contribution in [0.2, 0.25) is 0 Å². The van der Waals surface area contributed by atoms with Crippen molar-refractivity contribution in [1.29, 1.82) is 0 Å². The maximum Gasteiger partial charge on any atom is 0.133 e. The van der Waals surface area contributed by atoms with Crippen LogP contribution in [0.1, 0.15) is 31.5 Å². The highest BCUT2D eigenvalue weighted by Crippen LogP contribution is 2.37. The Morgan fingerprint density at radius 1 is 1.58 bits per heavy atom. The highest BCUT2D eigenvalue weighted by molar-refractivity contribution is 5.33. The van der Waals surface area contributed by atoms with Gasteiger partial charge < -0.3 is 5.32 Å². The van der Waals surface area contributed by atoms with Gasteiger partial charge in [-0.25, -0.2) is 9.97 Å². The van der Waals surface area contributed by atoms with Gasteiger partial charge in [0, 0.05) is 18.7 Å². The molecule has 3 nitrogen and oxygen atoms in total. The summed E-state index contributed by atoms with van der Waals surface area (Å²) in [4.78, 5) is 8.63. The Kier molecular flexibility index (Phi) is 1.94. The summed E-state index contributed by atoms with van der Waals surface area (Å²) < 4.78 is 0. The molecule has 1 aromatic rings. The molecule has 0 saturated heterocycles. The molecule has 1 heterocycles. The minimum Gasteiger partial charge on any atom is -0.370 e. The highest BCUT2D eigenvalue weighted by Gasteiger charge is 2.26. The van der Waals surface area contributed by atoms with Crippen LogP contribution in [0.15, 0.2) is 12.3 Å². The standard InChI is InChI=1S/C9H13N3/c1-2-10-8-5-6-11-9(12-8)7-3-4-7/h5-7H,2-4H2,1H3,(H,10,11,12). The van der Waals surface area contributed by atoms with E-state index in [-0.39, 0.29) is 0 Å². The smallest absolute Gasteiger partial charge is 0.133 e. The first-order valence-corrected chi connectivity index (χ1v) is 4.47. The van der Waals surface area contributed by atoms with Crippen LogP contribution in [0.25, 0.3) is 0 Å². The molecule has 0 atom stereocenters. The predicted octanol–water partition coefficient (Wildman–Crippen LogP) is 1.79. The third kappa shape index (κ3) is 1.55. The number of anilines is 1. The van der Waals surface area contributed by atoms with Crippen molar-refractivity contribution in [3.8, 4) is 0 Å². The molecule has 1 N–H and O–H groups in total. The molecule has 0 unspecified atom stereocenters. The van der Waals surface area contributed by atoms with Gasteiger partial charge in [0.05, 0.1) is 0 Å². The summed E-state index contributed by atoms with van der Waals surface area (Å²) in [5, 5.41) is 3.18. The summed E-state index contributed by atoms with van der Waals surface area (Å²) in [6.07, 6.45) is 4.35. The van der Waals surface area contributed by atoms with Gasteiger partial charge in [-0.15, -0.1) is 0 Å². The Labute approximate surface area is 72.2 Å². The lowest BCUT2D eigenvalue weighted by molar-refractivity contribution is 0.924. The zero-order valence-corrected chi connectivity index (χ0v) is 7.25. The fourth-order valence-electron chi connectivity index (χ4n) is 1.19. The van der Waals surface area contributed by atoms with Crippen LogP contribution in [0.4, 0.5) is 5.82 Å². The monoisotopic (exact) mass is 163 g/mol. The Hall–Kier alpha value is -1.12. The van der Waals surface area contributed by atoms with Crippen molar-refractivity contribution in [1.82, 2.24) is 9.97 Å². The normalized spacial score (nSPS) is 16.1. The molecular formula is C9H13N3. The summed E-state index contributed by atoms with van der Waals surface area (Å²) >= 11 is 0. The Morgan fingerprint density at radius 3 is 3.08 bits per heavy atom. The molecule has 0 spiro atoms. The summed E-state index contributed by atoms with van der Waals surface area (Å²) in [6, 6.07) is 1.91. The number of hydrogen-bond acceptors (Lipinski definition) is 3. The van der Waals surface area contributed by atoms with Crippen molar-refractivity contribution in [3.05, 3.63) is 18.1 Å². The van der Waals surface area contributed by atoms with E-state index in [1.54, 1.807) is 0 Å². The first-order valence-electron chi connectivity index (χ1n) is 4.47. The lowest BCUT2D eigenvalue weighted by Gasteiger charge is -2.02. The van der Waals surface area contributed by atoms with Crippen LogP contribution in [0.3, 0.4) is 0 Å². The zero-order valence-electron chi connectivity index (χ0n) is 7.25. The molecule has 0 radical (unpaired) electrons. The molecule has 0 bridgehead atoms. The molecular weight excluding hydrogens is 150 g/mol. The van der Waals surface area contributed by atoms with Crippen LogP contribution in [-0.2, 0) is 0 Å². The molecule has 1 aromatic heterocycles. The molecule has 64 valence electrons. The quantitative estimate of drug-likeness (QED) is 0.738. The molecule has 12 heavy (non-hydrogen) atoms. The van der Waals surface area contributed by atoms with Gasteiger partial charge in [0.15, 0.2) is 0 Å². The van der Waals surface area contributed by atoms with Crippen molar-refractivity contribution >= 4 is 5.82 Å². The van der Waals surface area contributed by atoms with Crippen LogP contribution in [0.5, 0.6) is 0 Å². The summed E-state index contributed by atoms with van der Waals surface area (Å²) in [5.74, 6) is 2.60. The number of aromatic nitrogens is 2. The van der Waals surface area contributed by atoms with Gasteiger partial charge >= 0.3 is 0 Å². The van der Waals surface area contributed by atoms with E-state index in [9.17, 15) is 0 Å².